The molecule has 0 aliphatic carbocycles. The lowest BCUT2D eigenvalue weighted by Crippen LogP contribution is -2.43. The Hall–Kier alpha value is -3.83. The number of carbonyl (C=O) groups excluding carboxylic acids is 2. The van der Waals surface area contributed by atoms with Gasteiger partial charge in [-0.25, -0.2) is 8.42 Å². The monoisotopic (exact) mass is 500 g/mol. The fourth-order valence-electron chi connectivity index (χ4n) is 3.65. The van der Waals surface area contributed by atoms with Gasteiger partial charge in [-0.1, -0.05) is 36.4 Å². The quantitative estimate of drug-likeness (QED) is 0.254. The standard InChI is InChI=1S/C24H24N2O8S/c1-3-34-23(27)14-16-12-17-6-4-5-7-21(17)18(13-16)15-22(24(28)33-2)25-35(31,32)20-10-8-19(9-11-20)26(29)30/h4-13,22,25H,3,14-15H2,1-2H3/t22-/m0/s1. The normalized spacial score (nSPS) is 12.2. The van der Waals surface area contributed by atoms with Gasteiger partial charge in [0.1, 0.15) is 6.04 Å². The number of sulfonamides is 1. The van der Waals surface area contributed by atoms with E-state index in [1.807, 2.05) is 30.3 Å². The average molecular weight is 501 g/mol. The first-order valence-electron chi connectivity index (χ1n) is 10.7. The summed E-state index contributed by atoms with van der Waals surface area (Å²) in [6, 6.07) is 13.9. The molecule has 10 nitrogen and oxygen atoms in total. The van der Waals surface area contributed by atoms with Crippen LogP contribution in [0.2, 0.25) is 0 Å². The number of esters is 2. The molecular formula is C24H24N2O8S. The van der Waals surface area contributed by atoms with E-state index in [2.05, 4.69) is 4.72 Å². The van der Waals surface area contributed by atoms with Crippen molar-refractivity contribution in [1.82, 2.24) is 4.72 Å². The largest absolute Gasteiger partial charge is 0.468 e. The van der Waals surface area contributed by atoms with Gasteiger partial charge in [0.25, 0.3) is 5.69 Å². The van der Waals surface area contributed by atoms with E-state index in [-0.39, 0.29) is 30.0 Å². The Balaban J connectivity index is 1.96. The number of benzene rings is 3. The molecule has 0 aliphatic rings. The van der Waals surface area contributed by atoms with E-state index in [9.17, 15) is 28.1 Å². The molecule has 0 fully saturated rings. The molecule has 0 unspecified atom stereocenters. The molecule has 11 heteroatoms. The van der Waals surface area contributed by atoms with E-state index < -0.39 is 32.9 Å². The summed E-state index contributed by atoms with van der Waals surface area (Å²) in [5.74, 6) is -1.22. The van der Waals surface area contributed by atoms with Crippen LogP contribution in [0, 0.1) is 10.1 Å². The lowest BCUT2D eigenvalue weighted by molar-refractivity contribution is -0.384. The Morgan fingerprint density at radius 2 is 1.77 bits per heavy atom. The zero-order chi connectivity index (χ0) is 25.6. The number of hydrogen-bond donors (Lipinski definition) is 1. The van der Waals surface area contributed by atoms with Crippen LogP contribution < -0.4 is 4.72 Å². The highest BCUT2D eigenvalue weighted by Crippen LogP contribution is 2.24. The Bertz CT molecular complexity index is 1350. The predicted molar refractivity (Wildman–Crippen MR) is 127 cm³/mol. The van der Waals surface area contributed by atoms with E-state index in [0.717, 1.165) is 42.1 Å². The SMILES string of the molecule is CCOC(=O)Cc1cc(C[C@H](NS(=O)(=O)c2ccc([N+](=O)[O-])cc2)C(=O)OC)c2ccccc2c1. The van der Waals surface area contributed by atoms with Crippen LogP contribution in [0.15, 0.2) is 65.6 Å². The molecule has 3 rings (SSSR count). The van der Waals surface area contributed by atoms with Gasteiger partial charge in [0, 0.05) is 18.6 Å². The summed E-state index contributed by atoms with van der Waals surface area (Å²) < 4.78 is 38.1. The number of fused-ring (bicyclic) bond motifs is 1. The van der Waals surface area contributed by atoms with Crippen LogP contribution in [0.4, 0.5) is 5.69 Å². The summed E-state index contributed by atoms with van der Waals surface area (Å²) in [4.78, 5) is 34.5. The van der Waals surface area contributed by atoms with Gasteiger partial charge in [-0.15, -0.1) is 0 Å². The molecule has 1 atom stereocenters. The van der Waals surface area contributed by atoms with Crippen molar-refractivity contribution in [3.05, 3.63) is 81.9 Å². The van der Waals surface area contributed by atoms with Gasteiger partial charge in [0.15, 0.2) is 0 Å². The van der Waals surface area contributed by atoms with Crippen LogP contribution in [0.1, 0.15) is 18.1 Å². The minimum atomic E-state index is -4.21. The minimum Gasteiger partial charge on any atom is -0.468 e. The number of hydrogen-bond acceptors (Lipinski definition) is 8. The topological polar surface area (TPSA) is 142 Å². The Morgan fingerprint density at radius 1 is 1.09 bits per heavy atom. The summed E-state index contributed by atoms with van der Waals surface area (Å²) >= 11 is 0. The maximum atomic E-state index is 12.9. The molecule has 0 aromatic heterocycles. The fourth-order valence-corrected chi connectivity index (χ4v) is 4.83. The van der Waals surface area contributed by atoms with Crippen molar-refractivity contribution in [1.29, 1.82) is 0 Å². The third-order valence-corrected chi connectivity index (χ3v) is 6.71. The third kappa shape index (κ3) is 6.40. The Morgan fingerprint density at radius 3 is 2.40 bits per heavy atom. The van der Waals surface area contributed by atoms with Crippen LogP contribution in [0.5, 0.6) is 0 Å². The fraction of sp³-hybridized carbons (Fsp3) is 0.250. The van der Waals surface area contributed by atoms with Crippen LogP contribution in [-0.4, -0.2) is 45.0 Å². The van der Waals surface area contributed by atoms with Crippen molar-refractivity contribution < 1.29 is 32.4 Å². The number of ether oxygens (including phenoxy) is 2. The Kier molecular flexibility index (Phi) is 8.15. The second-order valence-electron chi connectivity index (χ2n) is 7.61. The first-order chi connectivity index (χ1) is 16.6. The first kappa shape index (κ1) is 25.8. The van der Waals surface area contributed by atoms with Gasteiger partial charge >= 0.3 is 11.9 Å². The highest BCUT2D eigenvalue weighted by atomic mass is 32.2. The molecule has 0 aliphatic heterocycles. The number of nitro groups is 1. The van der Waals surface area contributed by atoms with Crippen LogP contribution >= 0.6 is 0 Å². The maximum Gasteiger partial charge on any atom is 0.324 e. The number of methoxy groups -OCH3 is 1. The van der Waals surface area contributed by atoms with Crippen molar-refractivity contribution in [3.63, 3.8) is 0 Å². The number of nitro benzene ring substituents is 1. The first-order valence-corrected chi connectivity index (χ1v) is 12.1. The van der Waals surface area contributed by atoms with Crippen LogP contribution in [-0.2, 0) is 41.9 Å². The zero-order valence-electron chi connectivity index (χ0n) is 19.1. The third-order valence-electron chi connectivity index (χ3n) is 5.23. The van der Waals surface area contributed by atoms with Crippen molar-refractivity contribution in [3.8, 4) is 0 Å². The molecule has 3 aromatic carbocycles. The molecule has 0 bridgehead atoms. The summed E-state index contributed by atoms with van der Waals surface area (Å²) in [5.41, 5.74) is 1.02. The molecule has 0 amide bonds. The van der Waals surface area contributed by atoms with Gasteiger partial charge < -0.3 is 9.47 Å². The zero-order valence-corrected chi connectivity index (χ0v) is 19.9. The molecule has 0 radical (unpaired) electrons. The van der Waals surface area contributed by atoms with Crippen molar-refractivity contribution in [2.45, 2.75) is 30.7 Å². The Labute approximate surface area is 202 Å². The molecular weight excluding hydrogens is 476 g/mol. The van der Waals surface area contributed by atoms with E-state index in [1.54, 1.807) is 13.0 Å². The molecule has 0 spiro atoms. The number of carbonyl (C=O) groups is 2. The smallest absolute Gasteiger partial charge is 0.324 e. The van der Waals surface area contributed by atoms with Gasteiger partial charge in [-0.3, -0.25) is 19.7 Å². The van der Waals surface area contributed by atoms with Gasteiger partial charge in [-0.2, -0.15) is 4.72 Å². The van der Waals surface area contributed by atoms with E-state index in [0.29, 0.717) is 11.1 Å². The number of nitrogens with zero attached hydrogens (tertiary/aromatic N) is 1. The molecule has 0 saturated heterocycles. The molecule has 1 N–H and O–H groups in total. The minimum absolute atomic E-state index is 0.0170. The van der Waals surface area contributed by atoms with Gasteiger partial charge in [0.05, 0.1) is 30.0 Å². The number of nitrogens with one attached hydrogen (secondary N) is 1. The summed E-state index contributed by atoms with van der Waals surface area (Å²) in [6.07, 6.45) is -0.0425. The lowest BCUT2D eigenvalue weighted by Gasteiger charge is -2.18. The summed E-state index contributed by atoms with van der Waals surface area (Å²) in [5, 5.41) is 12.5. The van der Waals surface area contributed by atoms with Gasteiger partial charge in [-0.05, 0) is 41.0 Å². The molecule has 0 saturated carbocycles. The van der Waals surface area contributed by atoms with Crippen molar-refractivity contribution in [2.24, 2.45) is 0 Å². The van der Waals surface area contributed by atoms with Gasteiger partial charge in [0.2, 0.25) is 10.0 Å². The molecule has 35 heavy (non-hydrogen) atoms. The predicted octanol–water partition coefficient (Wildman–Crippen LogP) is 2.92. The maximum absolute atomic E-state index is 12.9. The summed E-state index contributed by atoms with van der Waals surface area (Å²) in [7, 11) is -3.07. The number of non-ortho nitro benzene ring substituents is 1. The van der Waals surface area contributed by atoms with Crippen molar-refractivity contribution >= 4 is 38.4 Å². The average Bonchev–Trinajstić information content (AvgIpc) is 2.83. The molecule has 184 valence electrons. The highest BCUT2D eigenvalue weighted by Gasteiger charge is 2.28. The highest BCUT2D eigenvalue weighted by molar-refractivity contribution is 7.89. The number of rotatable bonds is 10. The van der Waals surface area contributed by atoms with Crippen LogP contribution in [0.25, 0.3) is 10.8 Å². The molecule has 0 heterocycles. The molecule has 3 aromatic rings. The summed E-state index contributed by atoms with van der Waals surface area (Å²) in [6.45, 7) is 1.95. The van der Waals surface area contributed by atoms with E-state index in [1.165, 1.54) is 0 Å². The van der Waals surface area contributed by atoms with E-state index in [4.69, 9.17) is 9.47 Å². The van der Waals surface area contributed by atoms with Crippen LogP contribution in [0.3, 0.4) is 0 Å². The van der Waals surface area contributed by atoms with E-state index >= 15 is 0 Å². The lowest BCUT2D eigenvalue weighted by atomic mass is 9.95. The second-order valence-corrected chi connectivity index (χ2v) is 9.32. The second kappa shape index (κ2) is 11.1. The van der Waals surface area contributed by atoms with Crippen molar-refractivity contribution in [2.75, 3.05) is 13.7 Å².